The average Bonchev–Trinajstić information content (AvgIpc) is 2.81. The van der Waals surface area contributed by atoms with Gasteiger partial charge in [0.15, 0.2) is 0 Å². The van der Waals surface area contributed by atoms with Crippen LogP contribution in [0.2, 0.25) is 0 Å². The summed E-state index contributed by atoms with van der Waals surface area (Å²) >= 11 is 1.43. The van der Waals surface area contributed by atoms with Gasteiger partial charge in [0.05, 0.1) is 22.1 Å². The lowest BCUT2D eigenvalue weighted by Crippen LogP contribution is -2.41. The molecule has 1 saturated heterocycles. The van der Waals surface area contributed by atoms with Gasteiger partial charge in [0.2, 0.25) is 0 Å². The van der Waals surface area contributed by atoms with Crippen molar-refractivity contribution in [2.75, 3.05) is 0 Å². The Labute approximate surface area is 111 Å². The SMILES string of the molecule is CC1(C)OB(c2ccnc3cnsc23)OC1(C)C. The third-order valence-electron chi connectivity index (χ3n) is 3.79. The summed E-state index contributed by atoms with van der Waals surface area (Å²) in [6, 6.07) is 1.95. The molecule has 1 aliphatic rings. The zero-order valence-corrected chi connectivity index (χ0v) is 11.7. The van der Waals surface area contributed by atoms with E-state index in [2.05, 4.69) is 37.1 Å². The number of pyridine rings is 1. The van der Waals surface area contributed by atoms with Crippen LogP contribution < -0.4 is 5.46 Å². The predicted molar refractivity (Wildman–Crippen MR) is 73.1 cm³/mol. The molecule has 1 aliphatic heterocycles. The molecule has 0 aromatic carbocycles. The van der Waals surface area contributed by atoms with Crippen LogP contribution in [0.25, 0.3) is 10.2 Å². The molecule has 3 heterocycles. The molecule has 4 nitrogen and oxygen atoms in total. The molecule has 3 rings (SSSR count). The number of fused-ring (bicyclic) bond motifs is 1. The minimum atomic E-state index is -0.346. The highest BCUT2D eigenvalue weighted by Crippen LogP contribution is 2.37. The first-order valence-corrected chi connectivity index (χ1v) is 6.73. The van der Waals surface area contributed by atoms with E-state index in [0.717, 1.165) is 15.7 Å². The van der Waals surface area contributed by atoms with E-state index in [-0.39, 0.29) is 18.3 Å². The Bertz CT molecular complexity index is 581. The van der Waals surface area contributed by atoms with Crippen LogP contribution in [0.4, 0.5) is 0 Å². The molecule has 2 aromatic heterocycles. The lowest BCUT2D eigenvalue weighted by Gasteiger charge is -2.32. The third-order valence-corrected chi connectivity index (χ3v) is 4.63. The van der Waals surface area contributed by atoms with Crippen LogP contribution >= 0.6 is 11.5 Å². The van der Waals surface area contributed by atoms with Crippen molar-refractivity contribution in [3.8, 4) is 0 Å². The molecule has 0 N–H and O–H groups in total. The fraction of sp³-hybridized carbons (Fsp3) is 0.500. The van der Waals surface area contributed by atoms with Gasteiger partial charge < -0.3 is 9.31 Å². The highest BCUT2D eigenvalue weighted by Gasteiger charge is 2.52. The maximum atomic E-state index is 6.06. The molecule has 18 heavy (non-hydrogen) atoms. The monoisotopic (exact) mass is 262 g/mol. The van der Waals surface area contributed by atoms with Gasteiger partial charge in [-0.3, -0.25) is 4.98 Å². The molecular formula is C12H15BN2O2S. The van der Waals surface area contributed by atoms with E-state index in [9.17, 15) is 0 Å². The highest BCUT2D eigenvalue weighted by molar-refractivity contribution is 7.15. The van der Waals surface area contributed by atoms with Gasteiger partial charge in [-0.15, -0.1) is 0 Å². The van der Waals surface area contributed by atoms with Crippen molar-refractivity contribution in [2.45, 2.75) is 38.9 Å². The number of hydrogen-bond donors (Lipinski definition) is 0. The molecule has 0 radical (unpaired) electrons. The van der Waals surface area contributed by atoms with Crippen molar-refractivity contribution in [1.29, 1.82) is 0 Å². The summed E-state index contributed by atoms with van der Waals surface area (Å²) in [6.07, 6.45) is 3.55. The lowest BCUT2D eigenvalue weighted by molar-refractivity contribution is 0.00578. The topological polar surface area (TPSA) is 44.2 Å². The summed E-state index contributed by atoms with van der Waals surface area (Å²) in [5, 5.41) is 0. The fourth-order valence-corrected chi connectivity index (χ4v) is 2.68. The first kappa shape index (κ1) is 12.1. The molecule has 0 spiro atoms. The quantitative estimate of drug-likeness (QED) is 0.737. The van der Waals surface area contributed by atoms with E-state index in [4.69, 9.17) is 9.31 Å². The van der Waals surface area contributed by atoms with Crippen molar-refractivity contribution < 1.29 is 9.31 Å². The fourth-order valence-electron chi connectivity index (χ4n) is 1.96. The first-order valence-electron chi connectivity index (χ1n) is 5.96. The Morgan fingerprint density at radius 3 is 2.50 bits per heavy atom. The van der Waals surface area contributed by atoms with Crippen molar-refractivity contribution >= 4 is 34.3 Å². The maximum Gasteiger partial charge on any atom is 0.496 e. The van der Waals surface area contributed by atoms with E-state index < -0.39 is 0 Å². The first-order chi connectivity index (χ1) is 8.41. The molecule has 0 aliphatic carbocycles. The van der Waals surface area contributed by atoms with Gasteiger partial charge in [-0.25, -0.2) is 0 Å². The summed E-state index contributed by atoms with van der Waals surface area (Å²) in [6.45, 7) is 8.21. The van der Waals surface area contributed by atoms with Crippen molar-refractivity contribution in [2.24, 2.45) is 0 Å². The normalized spacial score (nSPS) is 21.7. The number of rotatable bonds is 1. The molecule has 1 fully saturated rings. The Kier molecular flexibility index (Phi) is 2.52. The summed E-state index contributed by atoms with van der Waals surface area (Å²) in [4.78, 5) is 4.28. The van der Waals surface area contributed by atoms with Gasteiger partial charge in [0, 0.05) is 11.7 Å². The maximum absolute atomic E-state index is 6.06. The van der Waals surface area contributed by atoms with Crippen LogP contribution in [0, 0.1) is 0 Å². The van der Waals surface area contributed by atoms with Crippen LogP contribution in [0.1, 0.15) is 27.7 Å². The molecule has 94 valence electrons. The number of hydrogen-bond acceptors (Lipinski definition) is 5. The minimum Gasteiger partial charge on any atom is -0.399 e. The molecule has 0 bridgehead atoms. The third kappa shape index (κ3) is 1.67. The standard InChI is InChI=1S/C12H15BN2O2S/c1-11(2)12(3,4)17-13(16-11)8-5-6-14-9-7-15-18-10(8)9/h5-7H,1-4H3. The highest BCUT2D eigenvalue weighted by atomic mass is 32.1. The molecule has 0 amide bonds. The van der Waals surface area contributed by atoms with Gasteiger partial charge in [-0.1, -0.05) is 0 Å². The molecular weight excluding hydrogens is 247 g/mol. The Hall–Kier alpha value is -0.975. The van der Waals surface area contributed by atoms with E-state index in [1.807, 2.05) is 6.07 Å². The smallest absolute Gasteiger partial charge is 0.399 e. The van der Waals surface area contributed by atoms with Crippen LogP contribution in [-0.2, 0) is 9.31 Å². The van der Waals surface area contributed by atoms with Crippen molar-refractivity contribution in [3.63, 3.8) is 0 Å². The molecule has 0 unspecified atom stereocenters. The summed E-state index contributed by atoms with van der Waals surface area (Å²) in [5.41, 5.74) is 1.27. The van der Waals surface area contributed by atoms with Gasteiger partial charge in [0.1, 0.15) is 5.52 Å². The Morgan fingerprint density at radius 1 is 1.17 bits per heavy atom. The summed E-state index contributed by atoms with van der Waals surface area (Å²) in [5.74, 6) is 0. The van der Waals surface area contributed by atoms with Crippen LogP contribution in [0.3, 0.4) is 0 Å². The second-order valence-corrected chi connectivity index (χ2v) is 6.33. The van der Waals surface area contributed by atoms with E-state index in [0.29, 0.717) is 0 Å². The van der Waals surface area contributed by atoms with Gasteiger partial charge in [-0.2, -0.15) is 4.37 Å². The van der Waals surface area contributed by atoms with E-state index in [1.165, 1.54) is 11.5 Å². The zero-order chi connectivity index (χ0) is 13.0. The predicted octanol–water partition coefficient (Wildman–Crippen LogP) is 1.99. The van der Waals surface area contributed by atoms with Gasteiger partial charge in [-0.05, 0) is 45.3 Å². The Balaban J connectivity index is 2.05. The van der Waals surface area contributed by atoms with Crippen molar-refractivity contribution in [1.82, 2.24) is 9.36 Å². The summed E-state index contributed by atoms with van der Waals surface area (Å²) < 4.78 is 17.3. The van der Waals surface area contributed by atoms with Crippen molar-refractivity contribution in [3.05, 3.63) is 18.5 Å². The molecule has 2 aromatic rings. The molecule has 0 atom stereocenters. The van der Waals surface area contributed by atoms with Crippen LogP contribution in [-0.4, -0.2) is 27.7 Å². The number of nitrogens with zero attached hydrogens (tertiary/aromatic N) is 2. The lowest BCUT2D eigenvalue weighted by atomic mass is 9.79. The second kappa shape index (κ2) is 3.76. The summed E-state index contributed by atoms with van der Waals surface area (Å²) in [7, 11) is -0.346. The largest absolute Gasteiger partial charge is 0.496 e. The second-order valence-electron chi connectivity index (χ2n) is 5.53. The van der Waals surface area contributed by atoms with Crippen LogP contribution in [0.5, 0.6) is 0 Å². The number of aromatic nitrogens is 2. The van der Waals surface area contributed by atoms with E-state index >= 15 is 0 Å². The zero-order valence-electron chi connectivity index (χ0n) is 10.9. The molecule has 6 heteroatoms. The average molecular weight is 262 g/mol. The van der Waals surface area contributed by atoms with Gasteiger partial charge >= 0.3 is 7.12 Å². The van der Waals surface area contributed by atoms with Gasteiger partial charge in [0.25, 0.3) is 0 Å². The Morgan fingerprint density at radius 2 is 1.83 bits per heavy atom. The van der Waals surface area contributed by atoms with Crippen LogP contribution in [0.15, 0.2) is 18.5 Å². The molecule has 0 saturated carbocycles. The van der Waals surface area contributed by atoms with E-state index in [1.54, 1.807) is 12.4 Å². The minimum absolute atomic E-state index is 0.321.